The van der Waals surface area contributed by atoms with Crippen molar-refractivity contribution in [3.05, 3.63) is 52.1 Å². The first-order valence-electron chi connectivity index (χ1n) is 7.57. The van der Waals surface area contributed by atoms with Crippen molar-refractivity contribution < 1.29 is 28.8 Å². The SMILES string of the molecule is O=C(NC[C@]12C=C[C@H](O1)[C@H]1C(=O)OC(=O)[C@@H]12)c1cccc([N+](=O)[O-])c1. The van der Waals surface area contributed by atoms with Crippen LogP contribution in [-0.4, -0.2) is 41.0 Å². The average molecular weight is 344 g/mol. The summed E-state index contributed by atoms with van der Waals surface area (Å²) >= 11 is 0. The fraction of sp³-hybridized carbons (Fsp3) is 0.312. The lowest BCUT2D eigenvalue weighted by Gasteiger charge is -2.27. The van der Waals surface area contributed by atoms with E-state index in [2.05, 4.69) is 10.1 Å². The molecule has 25 heavy (non-hydrogen) atoms. The Morgan fingerprint density at radius 1 is 1.32 bits per heavy atom. The second kappa shape index (κ2) is 5.21. The van der Waals surface area contributed by atoms with Crippen molar-refractivity contribution in [1.82, 2.24) is 5.32 Å². The minimum Gasteiger partial charge on any atom is -0.393 e. The number of amides is 1. The van der Waals surface area contributed by atoms with Gasteiger partial charge in [-0.15, -0.1) is 0 Å². The molecular formula is C16H12N2O7. The Hall–Kier alpha value is -3.07. The molecule has 4 atom stereocenters. The highest BCUT2D eigenvalue weighted by Gasteiger charge is 2.66. The van der Waals surface area contributed by atoms with E-state index in [0.29, 0.717) is 0 Å². The lowest BCUT2D eigenvalue weighted by atomic mass is 9.77. The van der Waals surface area contributed by atoms with Gasteiger partial charge in [-0.25, -0.2) is 0 Å². The molecule has 1 aromatic rings. The molecule has 1 N–H and O–H groups in total. The van der Waals surface area contributed by atoms with E-state index < -0.39 is 46.3 Å². The number of carbonyl (C=O) groups excluding carboxylic acids is 3. The Kier molecular flexibility index (Phi) is 3.22. The third kappa shape index (κ3) is 2.23. The number of nitro groups is 1. The number of rotatable bonds is 4. The molecule has 4 rings (SSSR count). The van der Waals surface area contributed by atoms with Gasteiger partial charge in [0.15, 0.2) is 0 Å². The number of esters is 2. The molecule has 3 heterocycles. The molecule has 3 aliphatic heterocycles. The molecule has 2 bridgehead atoms. The van der Waals surface area contributed by atoms with Crippen molar-refractivity contribution >= 4 is 23.5 Å². The molecule has 2 saturated heterocycles. The second-order valence-corrected chi connectivity index (χ2v) is 6.13. The number of fused-ring (bicyclic) bond motifs is 5. The van der Waals surface area contributed by atoms with E-state index in [-0.39, 0.29) is 17.8 Å². The van der Waals surface area contributed by atoms with E-state index in [1.807, 2.05) is 0 Å². The molecule has 2 fully saturated rings. The molecule has 0 aliphatic carbocycles. The number of hydrogen-bond acceptors (Lipinski definition) is 7. The number of cyclic esters (lactones) is 2. The van der Waals surface area contributed by atoms with Gasteiger partial charge in [0.05, 0.1) is 17.6 Å². The molecule has 0 aromatic heterocycles. The Balaban J connectivity index is 1.52. The number of benzene rings is 1. The normalized spacial score (nSPS) is 31.8. The second-order valence-electron chi connectivity index (χ2n) is 6.13. The van der Waals surface area contributed by atoms with Crippen LogP contribution in [0.15, 0.2) is 36.4 Å². The van der Waals surface area contributed by atoms with Crippen LogP contribution in [0.5, 0.6) is 0 Å². The minimum absolute atomic E-state index is 0.0505. The fourth-order valence-corrected chi connectivity index (χ4v) is 3.59. The van der Waals surface area contributed by atoms with Crippen molar-refractivity contribution in [1.29, 1.82) is 0 Å². The summed E-state index contributed by atoms with van der Waals surface area (Å²) in [5, 5.41) is 13.4. The topological polar surface area (TPSA) is 125 Å². The number of nitrogens with zero attached hydrogens (tertiary/aromatic N) is 1. The molecule has 0 saturated carbocycles. The number of non-ortho nitro benzene ring substituents is 1. The average Bonchev–Trinajstić information content (AvgIpc) is 3.24. The standard InChI is InChI=1S/C16H12N2O7/c19-13(8-2-1-3-9(6-8)18(22)23)17-7-16-5-4-10(25-16)11-12(16)15(21)24-14(11)20/h1-6,10-12H,7H2,(H,17,19)/t10-,11+,12+,16-/m0/s1. The van der Waals surface area contributed by atoms with Gasteiger partial charge in [0.2, 0.25) is 0 Å². The van der Waals surface area contributed by atoms with Crippen LogP contribution in [0.2, 0.25) is 0 Å². The molecular weight excluding hydrogens is 332 g/mol. The molecule has 3 aliphatic rings. The fourth-order valence-electron chi connectivity index (χ4n) is 3.59. The quantitative estimate of drug-likeness (QED) is 0.275. The lowest BCUT2D eigenvalue weighted by molar-refractivity contribution is -0.384. The maximum absolute atomic E-state index is 12.3. The largest absolute Gasteiger partial charge is 0.393 e. The molecule has 9 heteroatoms. The zero-order valence-corrected chi connectivity index (χ0v) is 12.7. The van der Waals surface area contributed by atoms with Crippen molar-refractivity contribution in [2.45, 2.75) is 11.7 Å². The Morgan fingerprint density at radius 3 is 2.88 bits per heavy atom. The van der Waals surface area contributed by atoms with E-state index in [1.54, 1.807) is 12.2 Å². The van der Waals surface area contributed by atoms with Crippen LogP contribution in [0, 0.1) is 22.0 Å². The van der Waals surface area contributed by atoms with E-state index in [9.17, 15) is 24.5 Å². The summed E-state index contributed by atoms with van der Waals surface area (Å²) in [6, 6.07) is 5.29. The Bertz CT molecular complexity index is 849. The predicted octanol–water partition coefficient (Wildman–Crippen LogP) is 0.348. The first kappa shape index (κ1) is 15.5. The predicted molar refractivity (Wildman–Crippen MR) is 80.3 cm³/mol. The highest BCUT2D eigenvalue weighted by Crippen LogP contribution is 2.50. The van der Waals surface area contributed by atoms with Crippen LogP contribution in [-0.2, 0) is 19.1 Å². The third-order valence-corrected chi connectivity index (χ3v) is 4.73. The highest BCUT2D eigenvalue weighted by atomic mass is 16.6. The monoisotopic (exact) mass is 344 g/mol. The summed E-state index contributed by atoms with van der Waals surface area (Å²) < 4.78 is 10.4. The van der Waals surface area contributed by atoms with Gasteiger partial charge in [0.25, 0.3) is 11.6 Å². The molecule has 1 amide bonds. The first-order chi connectivity index (χ1) is 11.9. The first-order valence-corrected chi connectivity index (χ1v) is 7.57. The van der Waals surface area contributed by atoms with Gasteiger partial charge in [0.1, 0.15) is 17.4 Å². The van der Waals surface area contributed by atoms with Crippen molar-refractivity contribution in [2.24, 2.45) is 11.8 Å². The van der Waals surface area contributed by atoms with Crippen molar-refractivity contribution in [3.8, 4) is 0 Å². The van der Waals surface area contributed by atoms with Crippen LogP contribution >= 0.6 is 0 Å². The number of nitro benzene ring substituents is 1. The zero-order valence-electron chi connectivity index (χ0n) is 12.7. The van der Waals surface area contributed by atoms with Crippen LogP contribution in [0.25, 0.3) is 0 Å². The molecule has 1 aromatic carbocycles. The third-order valence-electron chi connectivity index (χ3n) is 4.73. The molecule has 0 radical (unpaired) electrons. The maximum Gasteiger partial charge on any atom is 0.320 e. The number of nitrogens with one attached hydrogen (secondary N) is 1. The molecule has 9 nitrogen and oxygen atoms in total. The molecule has 0 spiro atoms. The van der Waals surface area contributed by atoms with Crippen LogP contribution in [0.1, 0.15) is 10.4 Å². The maximum atomic E-state index is 12.3. The van der Waals surface area contributed by atoms with Crippen LogP contribution in [0.4, 0.5) is 5.69 Å². The summed E-state index contributed by atoms with van der Waals surface area (Å²) in [6.45, 7) is -0.0505. The summed E-state index contributed by atoms with van der Waals surface area (Å²) in [5.74, 6) is -3.30. The van der Waals surface area contributed by atoms with Crippen molar-refractivity contribution in [3.63, 3.8) is 0 Å². The molecule has 128 valence electrons. The summed E-state index contributed by atoms with van der Waals surface area (Å²) in [5.41, 5.74) is -1.22. The Labute approximate surface area is 140 Å². The zero-order chi connectivity index (χ0) is 17.8. The summed E-state index contributed by atoms with van der Waals surface area (Å²) in [7, 11) is 0. The van der Waals surface area contributed by atoms with Gasteiger partial charge in [-0.3, -0.25) is 24.5 Å². The van der Waals surface area contributed by atoms with Gasteiger partial charge < -0.3 is 14.8 Å². The Morgan fingerprint density at radius 2 is 2.12 bits per heavy atom. The van der Waals surface area contributed by atoms with Gasteiger partial charge >= 0.3 is 11.9 Å². The smallest absolute Gasteiger partial charge is 0.320 e. The number of carbonyl (C=O) groups is 3. The van der Waals surface area contributed by atoms with E-state index >= 15 is 0 Å². The molecule has 0 unspecified atom stereocenters. The van der Waals surface area contributed by atoms with Crippen molar-refractivity contribution in [2.75, 3.05) is 6.54 Å². The summed E-state index contributed by atoms with van der Waals surface area (Å²) in [6.07, 6.45) is 2.80. The van der Waals surface area contributed by atoms with Crippen LogP contribution < -0.4 is 5.32 Å². The number of ether oxygens (including phenoxy) is 2. The van der Waals surface area contributed by atoms with Crippen LogP contribution in [0.3, 0.4) is 0 Å². The highest BCUT2D eigenvalue weighted by molar-refractivity contribution is 5.99. The van der Waals surface area contributed by atoms with E-state index in [1.165, 1.54) is 18.2 Å². The number of hydrogen-bond donors (Lipinski definition) is 1. The van der Waals surface area contributed by atoms with Gasteiger partial charge in [-0.1, -0.05) is 18.2 Å². The van der Waals surface area contributed by atoms with Gasteiger partial charge in [-0.05, 0) is 6.07 Å². The minimum atomic E-state index is -1.13. The van der Waals surface area contributed by atoms with Gasteiger partial charge in [-0.2, -0.15) is 0 Å². The summed E-state index contributed by atoms with van der Waals surface area (Å²) in [4.78, 5) is 46.2. The van der Waals surface area contributed by atoms with Gasteiger partial charge in [0, 0.05) is 17.7 Å². The van der Waals surface area contributed by atoms with E-state index in [0.717, 1.165) is 6.07 Å². The van der Waals surface area contributed by atoms with E-state index in [4.69, 9.17) is 4.74 Å². The lowest BCUT2D eigenvalue weighted by Crippen LogP contribution is -2.47.